The van der Waals surface area contributed by atoms with Crippen LogP contribution in [0.5, 0.6) is 0 Å². The van der Waals surface area contributed by atoms with Crippen molar-refractivity contribution in [2.45, 2.75) is 12.5 Å². The van der Waals surface area contributed by atoms with Crippen molar-refractivity contribution in [3.8, 4) is 0 Å². The summed E-state index contributed by atoms with van der Waals surface area (Å²) in [5, 5.41) is 2.23. The first-order valence-electron chi connectivity index (χ1n) is 5.26. The number of amides is 2. The Labute approximate surface area is 104 Å². The summed E-state index contributed by atoms with van der Waals surface area (Å²) in [4.78, 5) is 33.3. The highest BCUT2D eigenvalue weighted by molar-refractivity contribution is 6.34. The third-order valence-corrected chi connectivity index (χ3v) is 2.30. The maximum Gasteiger partial charge on any atom is 0.328 e. The smallest absolute Gasteiger partial charge is 0.328 e. The molecule has 6 nitrogen and oxygen atoms in total. The SMILES string of the molecule is COC(=O)C(Cc1ccccc1)NC(=O)C(N)=O. The number of primary amides is 1. The van der Waals surface area contributed by atoms with Crippen molar-refractivity contribution in [3.05, 3.63) is 35.9 Å². The van der Waals surface area contributed by atoms with Gasteiger partial charge in [-0.3, -0.25) is 9.59 Å². The molecule has 0 saturated heterocycles. The highest BCUT2D eigenvalue weighted by Crippen LogP contribution is 2.04. The predicted octanol–water partition coefficient (Wildman–Crippen LogP) is -0.628. The van der Waals surface area contributed by atoms with Gasteiger partial charge in [0.1, 0.15) is 6.04 Å². The van der Waals surface area contributed by atoms with Crippen molar-refractivity contribution < 1.29 is 19.1 Å². The second kappa shape index (κ2) is 6.39. The first kappa shape index (κ1) is 13.7. The van der Waals surface area contributed by atoms with Crippen LogP contribution in [-0.2, 0) is 25.5 Å². The Hall–Kier alpha value is -2.37. The van der Waals surface area contributed by atoms with Gasteiger partial charge in [-0.1, -0.05) is 30.3 Å². The van der Waals surface area contributed by atoms with E-state index in [2.05, 4.69) is 10.1 Å². The molecule has 18 heavy (non-hydrogen) atoms. The maximum atomic E-state index is 11.5. The summed E-state index contributed by atoms with van der Waals surface area (Å²) in [6.07, 6.45) is 0.229. The highest BCUT2D eigenvalue weighted by Gasteiger charge is 2.23. The van der Waals surface area contributed by atoms with E-state index in [9.17, 15) is 14.4 Å². The average Bonchev–Trinajstić information content (AvgIpc) is 2.38. The number of rotatable bonds is 4. The molecule has 2 amide bonds. The fraction of sp³-hybridized carbons (Fsp3) is 0.250. The van der Waals surface area contributed by atoms with Crippen molar-refractivity contribution in [1.82, 2.24) is 5.32 Å². The molecule has 1 atom stereocenters. The predicted molar refractivity (Wildman–Crippen MR) is 63.3 cm³/mol. The zero-order valence-corrected chi connectivity index (χ0v) is 9.88. The Bertz CT molecular complexity index is 445. The van der Waals surface area contributed by atoms with Crippen LogP contribution in [-0.4, -0.2) is 30.9 Å². The van der Waals surface area contributed by atoms with Crippen molar-refractivity contribution in [2.75, 3.05) is 7.11 Å². The van der Waals surface area contributed by atoms with E-state index in [1.807, 2.05) is 6.07 Å². The first-order valence-corrected chi connectivity index (χ1v) is 5.26. The molecule has 1 aromatic carbocycles. The molecule has 1 rings (SSSR count). The Balaban J connectivity index is 2.76. The summed E-state index contributed by atoms with van der Waals surface area (Å²) in [6, 6.07) is 8.11. The molecule has 0 aromatic heterocycles. The van der Waals surface area contributed by atoms with E-state index in [1.165, 1.54) is 7.11 Å². The fourth-order valence-corrected chi connectivity index (χ4v) is 1.41. The number of methoxy groups -OCH3 is 1. The van der Waals surface area contributed by atoms with Crippen LogP contribution in [0.1, 0.15) is 5.56 Å². The number of carbonyl (C=O) groups is 3. The standard InChI is InChI=1S/C12H14N2O4/c1-18-12(17)9(14-11(16)10(13)15)7-8-5-3-2-4-6-8/h2-6,9H,7H2,1H3,(H2,13,15)(H,14,16). The molecule has 0 aliphatic heterocycles. The van der Waals surface area contributed by atoms with E-state index in [1.54, 1.807) is 24.3 Å². The van der Waals surface area contributed by atoms with Crippen LogP contribution in [0.4, 0.5) is 0 Å². The molecule has 1 unspecified atom stereocenters. The number of nitrogens with two attached hydrogens (primary N) is 1. The van der Waals surface area contributed by atoms with Crippen molar-refractivity contribution in [1.29, 1.82) is 0 Å². The summed E-state index contributed by atoms with van der Waals surface area (Å²) in [5.41, 5.74) is 5.65. The number of carbonyl (C=O) groups excluding carboxylic acids is 3. The lowest BCUT2D eigenvalue weighted by molar-refractivity contribution is -0.146. The Morgan fingerprint density at radius 1 is 1.28 bits per heavy atom. The fourth-order valence-electron chi connectivity index (χ4n) is 1.41. The molecule has 3 N–H and O–H groups in total. The molecule has 0 fully saturated rings. The molecule has 0 heterocycles. The van der Waals surface area contributed by atoms with Crippen LogP contribution >= 0.6 is 0 Å². The zero-order chi connectivity index (χ0) is 13.5. The van der Waals surface area contributed by atoms with Gasteiger partial charge in [-0.25, -0.2) is 4.79 Å². The van der Waals surface area contributed by atoms with E-state index in [0.717, 1.165) is 5.56 Å². The number of benzene rings is 1. The van der Waals surface area contributed by atoms with Crippen LogP contribution < -0.4 is 11.1 Å². The maximum absolute atomic E-state index is 11.5. The topological polar surface area (TPSA) is 98.5 Å². The van der Waals surface area contributed by atoms with Gasteiger partial charge in [0, 0.05) is 6.42 Å². The van der Waals surface area contributed by atoms with Gasteiger partial charge in [-0.15, -0.1) is 0 Å². The minimum Gasteiger partial charge on any atom is -0.467 e. The molecular formula is C12H14N2O4. The second-order valence-electron chi connectivity index (χ2n) is 3.60. The number of ether oxygens (including phenoxy) is 1. The molecular weight excluding hydrogens is 236 g/mol. The van der Waals surface area contributed by atoms with Crippen molar-refractivity contribution in [3.63, 3.8) is 0 Å². The number of nitrogens with one attached hydrogen (secondary N) is 1. The molecule has 0 bridgehead atoms. The lowest BCUT2D eigenvalue weighted by atomic mass is 10.1. The Kier molecular flexibility index (Phi) is 4.86. The van der Waals surface area contributed by atoms with Crippen molar-refractivity contribution >= 4 is 17.8 Å². The lowest BCUT2D eigenvalue weighted by Gasteiger charge is -2.15. The summed E-state index contributed by atoms with van der Waals surface area (Å²) < 4.78 is 4.56. The van der Waals surface area contributed by atoms with Crippen LogP contribution in [0.3, 0.4) is 0 Å². The van der Waals surface area contributed by atoms with Crippen LogP contribution in [0.25, 0.3) is 0 Å². The minimum absolute atomic E-state index is 0.229. The first-order chi connectivity index (χ1) is 8.54. The van der Waals surface area contributed by atoms with Gasteiger partial charge in [0.05, 0.1) is 7.11 Å². The largest absolute Gasteiger partial charge is 0.467 e. The summed E-state index contributed by atoms with van der Waals surface area (Å²) >= 11 is 0. The summed E-state index contributed by atoms with van der Waals surface area (Å²) in [5.74, 6) is -2.79. The Morgan fingerprint density at radius 2 is 1.89 bits per heavy atom. The minimum atomic E-state index is -1.14. The second-order valence-corrected chi connectivity index (χ2v) is 3.60. The van der Waals surface area contributed by atoms with E-state index in [-0.39, 0.29) is 6.42 Å². The molecule has 0 radical (unpaired) electrons. The lowest BCUT2D eigenvalue weighted by Crippen LogP contribution is -2.47. The summed E-state index contributed by atoms with van der Waals surface area (Å²) in [7, 11) is 1.21. The van der Waals surface area contributed by atoms with Gasteiger partial charge >= 0.3 is 17.8 Å². The number of esters is 1. The molecule has 0 saturated carbocycles. The van der Waals surface area contributed by atoms with E-state index >= 15 is 0 Å². The molecule has 0 aliphatic rings. The molecule has 96 valence electrons. The third-order valence-electron chi connectivity index (χ3n) is 2.30. The zero-order valence-electron chi connectivity index (χ0n) is 9.88. The van der Waals surface area contributed by atoms with E-state index in [0.29, 0.717) is 0 Å². The Morgan fingerprint density at radius 3 is 2.39 bits per heavy atom. The number of hydrogen-bond donors (Lipinski definition) is 2. The highest BCUT2D eigenvalue weighted by atomic mass is 16.5. The van der Waals surface area contributed by atoms with Gasteiger partial charge < -0.3 is 15.8 Å². The number of hydrogen-bond acceptors (Lipinski definition) is 4. The van der Waals surface area contributed by atoms with Crippen LogP contribution in [0, 0.1) is 0 Å². The van der Waals surface area contributed by atoms with Gasteiger partial charge in [0.25, 0.3) is 0 Å². The van der Waals surface area contributed by atoms with E-state index < -0.39 is 23.8 Å². The summed E-state index contributed by atoms with van der Waals surface area (Å²) in [6.45, 7) is 0. The molecule has 0 aliphatic carbocycles. The van der Waals surface area contributed by atoms with Crippen LogP contribution in [0.2, 0.25) is 0 Å². The molecule has 0 spiro atoms. The quantitative estimate of drug-likeness (QED) is 0.549. The van der Waals surface area contributed by atoms with Gasteiger partial charge in [0.15, 0.2) is 0 Å². The van der Waals surface area contributed by atoms with Crippen LogP contribution in [0.15, 0.2) is 30.3 Å². The normalized spacial score (nSPS) is 11.4. The average molecular weight is 250 g/mol. The van der Waals surface area contributed by atoms with Gasteiger partial charge in [-0.05, 0) is 5.56 Å². The van der Waals surface area contributed by atoms with Gasteiger partial charge in [-0.2, -0.15) is 0 Å². The molecule has 6 heteroatoms. The van der Waals surface area contributed by atoms with Gasteiger partial charge in [0.2, 0.25) is 0 Å². The van der Waals surface area contributed by atoms with Crippen molar-refractivity contribution in [2.24, 2.45) is 5.73 Å². The molecule has 1 aromatic rings. The monoisotopic (exact) mass is 250 g/mol. The van der Waals surface area contributed by atoms with E-state index in [4.69, 9.17) is 5.73 Å². The third kappa shape index (κ3) is 3.89.